The fraction of sp³-hybridized carbons (Fsp3) is 1.00. The van der Waals surface area contributed by atoms with Crippen LogP contribution in [0.2, 0.25) is 0 Å². The van der Waals surface area contributed by atoms with Crippen LogP contribution in [0, 0.1) is 5.92 Å². The van der Waals surface area contributed by atoms with Crippen LogP contribution >= 0.6 is 0 Å². The molecule has 6 heteroatoms. The molecule has 1 saturated carbocycles. The van der Waals surface area contributed by atoms with Gasteiger partial charge in [0.2, 0.25) is 0 Å². The lowest BCUT2D eigenvalue weighted by Crippen LogP contribution is -2.47. The average Bonchev–Trinajstić information content (AvgIpc) is 2.37. The monoisotopic (exact) mass is 291 g/mol. The topological polar surface area (TPSA) is 61.4 Å². The SMILES string of the molecule is CCNCCCN(C)S(=O)(=O)NC1CCCCC1C. The van der Waals surface area contributed by atoms with Crippen LogP contribution in [0.25, 0.3) is 0 Å². The van der Waals surface area contributed by atoms with Crippen molar-refractivity contribution in [1.29, 1.82) is 0 Å². The standard InChI is InChI=1S/C13H29N3O2S/c1-4-14-10-7-11-16(3)19(17,18)15-13-9-6-5-8-12(13)2/h12-15H,4-11H2,1-3H3. The Hall–Kier alpha value is -0.170. The average molecular weight is 291 g/mol. The fourth-order valence-corrected chi connectivity index (χ4v) is 3.78. The van der Waals surface area contributed by atoms with Gasteiger partial charge in [0.05, 0.1) is 0 Å². The molecule has 2 N–H and O–H groups in total. The summed E-state index contributed by atoms with van der Waals surface area (Å²) in [5.41, 5.74) is 0. The van der Waals surface area contributed by atoms with Gasteiger partial charge >= 0.3 is 0 Å². The van der Waals surface area contributed by atoms with Crippen LogP contribution in [0.3, 0.4) is 0 Å². The third-order valence-electron chi connectivity index (χ3n) is 3.90. The van der Waals surface area contributed by atoms with Gasteiger partial charge in [-0.05, 0) is 38.3 Å². The van der Waals surface area contributed by atoms with Crippen LogP contribution in [-0.4, -0.2) is 45.4 Å². The summed E-state index contributed by atoms with van der Waals surface area (Å²) in [4.78, 5) is 0. The lowest BCUT2D eigenvalue weighted by atomic mass is 9.87. The third-order valence-corrected chi connectivity index (χ3v) is 5.50. The first kappa shape index (κ1) is 16.9. The summed E-state index contributed by atoms with van der Waals surface area (Å²) in [5, 5.41) is 3.20. The molecule has 0 amide bonds. The van der Waals surface area contributed by atoms with E-state index in [-0.39, 0.29) is 6.04 Å². The number of nitrogens with zero attached hydrogens (tertiary/aromatic N) is 1. The minimum Gasteiger partial charge on any atom is -0.317 e. The van der Waals surface area contributed by atoms with Crippen LogP contribution in [-0.2, 0) is 10.2 Å². The molecule has 0 saturated heterocycles. The van der Waals surface area contributed by atoms with E-state index in [1.165, 1.54) is 10.7 Å². The van der Waals surface area contributed by atoms with Gasteiger partial charge in [-0.2, -0.15) is 17.4 Å². The lowest BCUT2D eigenvalue weighted by molar-refractivity contribution is 0.304. The van der Waals surface area contributed by atoms with Gasteiger partial charge in [-0.25, -0.2) is 0 Å². The van der Waals surface area contributed by atoms with Crippen LogP contribution in [0.5, 0.6) is 0 Å². The molecular formula is C13H29N3O2S. The highest BCUT2D eigenvalue weighted by Gasteiger charge is 2.27. The smallest absolute Gasteiger partial charge is 0.279 e. The molecule has 114 valence electrons. The van der Waals surface area contributed by atoms with E-state index in [1.54, 1.807) is 7.05 Å². The van der Waals surface area contributed by atoms with Crippen molar-refractivity contribution >= 4 is 10.2 Å². The van der Waals surface area contributed by atoms with Crippen molar-refractivity contribution in [3.8, 4) is 0 Å². The zero-order valence-electron chi connectivity index (χ0n) is 12.5. The molecule has 2 unspecified atom stereocenters. The van der Waals surface area contributed by atoms with Crippen molar-refractivity contribution in [1.82, 2.24) is 14.3 Å². The summed E-state index contributed by atoms with van der Waals surface area (Å²) in [6.07, 6.45) is 5.27. The van der Waals surface area contributed by atoms with E-state index in [4.69, 9.17) is 0 Å². The first-order valence-electron chi connectivity index (χ1n) is 7.41. The van der Waals surface area contributed by atoms with E-state index in [0.29, 0.717) is 12.5 Å². The van der Waals surface area contributed by atoms with Crippen molar-refractivity contribution in [2.45, 2.75) is 52.0 Å². The molecule has 1 fully saturated rings. The molecule has 0 aromatic rings. The molecule has 0 spiro atoms. The summed E-state index contributed by atoms with van der Waals surface area (Å²) < 4.78 is 28.7. The molecule has 0 radical (unpaired) electrons. The Morgan fingerprint density at radius 1 is 1.26 bits per heavy atom. The molecule has 5 nitrogen and oxygen atoms in total. The van der Waals surface area contributed by atoms with E-state index >= 15 is 0 Å². The molecule has 1 rings (SSSR count). The maximum Gasteiger partial charge on any atom is 0.279 e. The maximum absolute atomic E-state index is 12.2. The van der Waals surface area contributed by atoms with E-state index < -0.39 is 10.2 Å². The highest BCUT2D eigenvalue weighted by atomic mass is 32.2. The summed E-state index contributed by atoms with van der Waals surface area (Å²) in [6, 6.07) is 0.106. The Morgan fingerprint density at radius 2 is 1.95 bits per heavy atom. The lowest BCUT2D eigenvalue weighted by Gasteiger charge is -2.31. The molecule has 0 aromatic carbocycles. The second-order valence-corrected chi connectivity index (χ2v) is 7.33. The van der Waals surface area contributed by atoms with Crippen LogP contribution in [0.4, 0.5) is 0 Å². The summed E-state index contributed by atoms with van der Waals surface area (Å²) >= 11 is 0. The zero-order chi connectivity index (χ0) is 14.3. The molecule has 0 aromatic heterocycles. The highest BCUT2D eigenvalue weighted by molar-refractivity contribution is 7.87. The van der Waals surface area contributed by atoms with Gasteiger partial charge in [0.1, 0.15) is 0 Å². The van der Waals surface area contributed by atoms with E-state index in [1.807, 2.05) is 6.92 Å². The first-order chi connectivity index (χ1) is 8.97. The molecule has 0 aliphatic heterocycles. The van der Waals surface area contributed by atoms with Crippen LogP contribution in [0.1, 0.15) is 46.0 Å². The van der Waals surface area contributed by atoms with Crippen molar-refractivity contribution in [2.24, 2.45) is 5.92 Å². The Kier molecular flexibility index (Phi) is 7.28. The Morgan fingerprint density at radius 3 is 2.58 bits per heavy atom. The Labute approximate surface area is 118 Å². The Balaban J connectivity index is 2.40. The van der Waals surface area contributed by atoms with E-state index in [9.17, 15) is 8.42 Å². The first-order valence-corrected chi connectivity index (χ1v) is 8.85. The van der Waals surface area contributed by atoms with Crippen molar-refractivity contribution in [3.05, 3.63) is 0 Å². The van der Waals surface area contributed by atoms with Crippen LogP contribution in [0.15, 0.2) is 0 Å². The van der Waals surface area contributed by atoms with Crippen molar-refractivity contribution in [3.63, 3.8) is 0 Å². The van der Waals surface area contributed by atoms with Gasteiger partial charge in [0, 0.05) is 19.6 Å². The Bertz CT molecular complexity index is 346. The normalized spacial score (nSPS) is 24.8. The van der Waals surface area contributed by atoms with Crippen molar-refractivity contribution < 1.29 is 8.42 Å². The van der Waals surface area contributed by atoms with Gasteiger partial charge in [-0.15, -0.1) is 0 Å². The maximum atomic E-state index is 12.2. The highest BCUT2D eigenvalue weighted by Crippen LogP contribution is 2.24. The van der Waals surface area contributed by atoms with Gasteiger partial charge < -0.3 is 5.32 Å². The minimum atomic E-state index is -3.32. The molecule has 19 heavy (non-hydrogen) atoms. The predicted molar refractivity (Wildman–Crippen MR) is 79.3 cm³/mol. The minimum absolute atomic E-state index is 0.106. The molecule has 0 heterocycles. The largest absolute Gasteiger partial charge is 0.317 e. The number of hydrogen-bond acceptors (Lipinski definition) is 3. The molecule has 1 aliphatic rings. The fourth-order valence-electron chi connectivity index (χ4n) is 2.50. The second kappa shape index (κ2) is 8.19. The molecule has 2 atom stereocenters. The summed E-state index contributed by atoms with van der Waals surface area (Å²) in [6.45, 7) is 6.53. The van der Waals surface area contributed by atoms with Crippen LogP contribution < -0.4 is 10.0 Å². The second-order valence-electron chi connectivity index (χ2n) is 5.52. The number of hydrogen-bond donors (Lipinski definition) is 2. The summed E-state index contributed by atoms with van der Waals surface area (Å²) in [7, 11) is -1.67. The molecular weight excluding hydrogens is 262 g/mol. The van der Waals surface area contributed by atoms with Gasteiger partial charge in [-0.1, -0.05) is 26.7 Å². The molecule has 0 bridgehead atoms. The van der Waals surface area contributed by atoms with Crippen molar-refractivity contribution in [2.75, 3.05) is 26.7 Å². The molecule has 1 aliphatic carbocycles. The summed E-state index contributed by atoms with van der Waals surface area (Å²) in [5.74, 6) is 0.443. The number of rotatable bonds is 8. The van der Waals surface area contributed by atoms with Gasteiger partial charge in [-0.3, -0.25) is 0 Å². The third kappa shape index (κ3) is 5.77. The van der Waals surface area contributed by atoms with Gasteiger partial charge in [0.25, 0.3) is 10.2 Å². The van der Waals surface area contributed by atoms with Gasteiger partial charge in [0.15, 0.2) is 0 Å². The zero-order valence-corrected chi connectivity index (χ0v) is 13.3. The van der Waals surface area contributed by atoms with E-state index in [2.05, 4.69) is 17.0 Å². The quantitative estimate of drug-likeness (QED) is 0.663. The number of nitrogens with one attached hydrogen (secondary N) is 2. The predicted octanol–water partition coefficient (Wildman–Crippen LogP) is 1.33. The van der Waals surface area contributed by atoms with E-state index in [0.717, 1.165) is 38.8 Å².